The number of para-hydroxylation sites is 2. The van der Waals surface area contributed by atoms with E-state index >= 15 is 0 Å². The van der Waals surface area contributed by atoms with Crippen LogP contribution in [0.3, 0.4) is 0 Å². The van der Waals surface area contributed by atoms with Crippen molar-refractivity contribution in [3.05, 3.63) is 46.7 Å². The summed E-state index contributed by atoms with van der Waals surface area (Å²) in [4.78, 5) is 15.0. The number of carbonyl (C=O) groups is 1. The summed E-state index contributed by atoms with van der Waals surface area (Å²) in [5.74, 6) is 0.227. The number of benzene rings is 1. The van der Waals surface area contributed by atoms with Crippen LogP contribution in [0, 0.1) is 0 Å². The number of thiophene rings is 1. The maximum atomic E-state index is 11.9. The molecule has 1 fully saturated rings. The molecule has 1 saturated heterocycles. The Morgan fingerprint density at radius 3 is 2.84 bits per heavy atom. The maximum absolute atomic E-state index is 11.9. The Bertz CT molecular complexity index is 565. The van der Waals surface area contributed by atoms with Crippen molar-refractivity contribution < 1.29 is 4.79 Å². The summed E-state index contributed by atoms with van der Waals surface area (Å²) >= 11 is 1.74. The Balaban J connectivity index is 1.79. The minimum Gasteiger partial charge on any atom is -0.378 e. The summed E-state index contributed by atoms with van der Waals surface area (Å²) in [7, 11) is 0. The SMILES string of the molecule is O=C1CCCN1c1ccccc1NCc1cccs1. The molecule has 2 heterocycles. The summed E-state index contributed by atoms with van der Waals surface area (Å²) in [5, 5.41) is 5.51. The van der Waals surface area contributed by atoms with Crippen molar-refractivity contribution in [2.45, 2.75) is 19.4 Å². The summed E-state index contributed by atoms with van der Waals surface area (Å²) in [6.45, 7) is 1.63. The van der Waals surface area contributed by atoms with E-state index in [9.17, 15) is 4.79 Å². The van der Waals surface area contributed by atoms with Gasteiger partial charge in [0.15, 0.2) is 0 Å². The highest BCUT2D eigenvalue weighted by Crippen LogP contribution is 2.29. The number of hydrogen-bond donors (Lipinski definition) is 1. The van der Waals surface area contributed by atoms with Crippen molar-refractivity contribution in [3.8, 4) is 0 Å². The first-order chi connectivity index (χ1) is 9.34. The van der Waals surface area contributed by atoms with Gasteiger partial charge in [-0.1, -0.05) is 18.2 Å². The molecule has 0 saturated carbocycles. The van der Waals surface area contributed by atoms with Gasteiger partial charge in [0.05, 0.1) is 11.4 Å². The lowest BCUT2D eigenvalue weighted by atomic mass is 10.2. The first-order valence-electron chi connectivity index (χ1n) is 6.50. The molecule has 0 aliphatic carbocycles. The number of rotatable bonds is 4. The third-order valence-corrected chi connectivity index (χ3v) is 4.18. The van der Waals surface area contributed by atoms with Crippen LogP contribution in [0.4, 0.5) is 11.4 Å². The number of nitrogens with one attached hydrogen (secondary N) is 1. The zero-order valence-electron chi connectivity index (χ0n) is 10.6. The molecule has 1 aromatic carbocycles. The molecule has 3 rings (SSSR count). The van der Waals surface area contributed by atoms with E-state index < -0.39 is 0 Å². The van der Waals surface area contributed by atoms with E-state index in [4.69, 9.17) is 0 Å². The monoisotopic (exact) mass is 272 g/mol. The van der Waals surface area contributed by atoms with Gasteiger partial charge in [0.2, 0.25) is 5.91 Å². The van der Waals surface area contributed by atoms with E-state index in [-0.39, 0.29) is 5.91 Å². The van der Waals surface area contributed by atoms with E-state index in [1.807, 2.05) is 29.2 Å². The third-order valence-electron chi connectivity index (χ3n) is 3.30. The van der Waals surface area contributed by atoms with Crippen molar-refractivity contribution in [2.75, 3.05) is 16.8 Å². The molecule has 1 aliphatic heterocycles. The number of hydrogen-bond acceptors (Lipinski definition) is 3. The quantitative estimate of drug-likeness (QED) is 0.924. The summed E-state index contributed by atoms with van der Waals surface area (Å²) in [5.41, 5.74) is 2.03. The fourth-order valence-electron chi connectivity index (χ4n) is 2.36. The molecule has 0 bridgehead atoms. The largest absolute Gasteiger partial charge is 0.378 e. The fourth-order valence-corrected chi connectivity index (χ4v) is 3.00. The number of nitrogens with zero attached hydrogens (tertiary/aromatic N) is 1. The highest BCUT2D eigenvalue weighted by atomic mass is 32.1. The number of carbonyl (C=O) groups excluding carboxylic acids is 1. The highest BCUT2D eigenvalue weighted by molar-refractivity contribution is 7.09. The third kappa shape index (κ3) is 2.63. The minimum atomic E-state index is 0.227. The molecule has 4 heteroatoms. The van der Waals surface area contributed by atoms with Gasteiger partial charge in [0.1, 0.15) is 0 Å². The van der Waals surface area contributed by atoms with Crippen LogP contribution in [-0.2, 0) is 11.3 Å². The van der Waals surface area contributed by atoms with Gasteiger partial charge in [0, 0.05) is 24.4 Å². The zero-order valence-corrected chi connectivity index (χ0v) is 11.5. The first-order valence-corrected chi connectivity index (χ1v) is 7.38. The van der Waals surface area contributed by atoms with Gasteiger partial charge < -0.3 is 10.2 Å². The van der Waals surface area contributed by atoms with E-state index in [2.05, 4.69) is 22.8 Å². The van der Waals surface area contributed by atoms with Crippen LogP contribution in [0.1, 0.15) is 17.7 Å². The minimum absolute atomic E-state index is 0.227. The Kier molecular flexibility index (Phi) is 3.51. The van der Waals surface area contributed by atoms with Crippen LogP contribution in [0.25, 0.3) is 0 Å². The average molecular weight is 272 g/mol. The molecular formula is C15H16N2OS. The van der Waals surface area contributed by atoms with Crippen molar-refractivity contribution in [1.29, 1.82) is 0 Å². The Hall–Kier alpha value is -1.81. The van der Waals surface area contributed by atoms with E-state index in [1.54, 1.807) is 11.3 Å². The molecule has 19 heavy (non-hydrogen) atoms. The van der Waals surface area contributed by atoms with Gasteiger partial charge in [0.25, 0.3) is 0 Å². The van der Waals surface area contributed by atoms with Gasteiger partial charge >= 0.3 is 0 Å². The molecular weight excluding hydrogens is 256 g/mol. The maximum Gasteiger partial charge on any atom is 0.227 e. The lowest BCUT2D eigenvalue weighted by Crippen LogP contribution is -2.24. The summed E-state index contributed by atoms with van der Waals surface area (Å²) < 4.78 is 0. The molecule has 3 nitrogen and oxygen atoms in total. The molecule has 1 N–H and O–H groups in total. The predicted octanol–water partition coefficient (Wildman–Crippen LogP) is 3.49. The van der Waals surface area contributed by atoms with Crippen LogP contribution >= 0.6 is 11.3 Å². The fraction of sp³-hybridized carbons (Fsp3) is 0.267. The van der Waals surface area contributed by atoms with Crippen molar-refractivity contribution >= 4 is 28.6 Å². The van der Waals surface area contributed by atoms with Gasteiger partial charge in [-0.25, -0.2) is 0 Å². The van der Waals surface area contributed by atoms with Crippen LogP contribution in [-0.4, -0.2) is 12.5 Å². The normalized spacial score (nSPS) is 14.9. The average Bonchev–Trinajstić information content (AvgIpc) is 3.08. The van der Waals surface area contributed by atoms with Crippen LogP contribution in [0.2, 0.25) is 0 Å². The smallest absolute Gasteiger partial charge is 0.227 e. The van der Waals surface area contributed by atoms with Crippen LogP contribution < -0.4 is 10.2 Å². The van der Waals surface area contributed by atoms with E-state index in [0.29, 0.717) is 6.42 Å². The molecule has 0 spiro atoms. The van der Waals surface area contributed by atoms with Crippen molar-refractivity contribution in [3.63, 3.8) is 0 Å². The van der Waals surface area contributed by atoms with E-state index in [0.717, 1.165) is 30.9 Å². The second-order valence-electron chi connectivity index (χ2n) is 4.60. The Morgan fingerprint density at radius 1 is 1.21 bits per heavy atom. The summed E-state index contributed by atoms with van der Waals surface area (Å²) in [6.07, 6.45) is 1.62. The molecule has 1 aromatic heterocycles. The molecule has 0 radical (unpaired) electrons. The molecule has 2 aromatic rings. The van der Waals surface area contributed by atoms with Crippen molar-refractivity contribution in [1.82, 2.24) is 0 Å². The number of anilines is 2. The Labute approximate surface area is 116 Å². The Morgan fingerprint density at radius 2 is 2.11 bits per heavy atom. The predicted molar refractivity (Wildman–Crippen MR) is 79.7 cm³/mol. The molecule has 98 valence electrons. The van der Waals surface area contributed by atoms with E-state index in [1.165, 1.54) is 4.88 Å². The highest BCUT2D eigenvalue weighted by Gasteiger charge is 2.23. The zero-order chi connectivity index (χ0) is 13.1. The first kappa shape index (κ1) is 12.2. The number of amides is 1. The van der Waals surface area contributed by atoms with Gasteiger partial charge in [-0.2, -0.15) is 0 Å². The standard InChI is InChI=1S/C15H16N2OS/c18-15-8-3-9-17(15)14-7-2-1-6-13(14)16-11-12-5-4-10-19-12/h1-2,4-7,10,16H,3,8-9,11H2. The molecule has 0 atom stereocenters. The van der Waals surface area contributed by atoms with Crippen molar-refractivity contribution in [2.24, 2.45) is 0 Å². The molecule has 0 unspecified atom stereocenters. The topological polar surface area (TPSA) is 32.3 Å². The molecule has 1 amide bonds. The lowest BCUT2D eigenvalue weighted by Gasteiger charge is -2.20. The second kappa shape index (κ2) is 5.45. The molecule has 1 aliphatic rings. The lowest BCUT2D eigenvalue weighted by molar-refractivity contribution is -0.117. The second-order valence-corrected chi connectivity index (χ2v) is 5.63. The van der Waals surface area contributed by atoms with Gasteiger partial charge in [-0.15, -0.1) is 11.3 Å². The van der Waals surface area contributed by atoms with Gasteiger partial charge in [-0.05, 0) is 30.0 Å². The van der Waals surface area contributed by atoms with Gasteiger partial charge in [-0.3, -0.25) is 4.79 Å². The summed E-state index contributed by atoms with van der Waals surface area (Å²) in [6, 6.07) is 12.2. The van der Waals surface area contributed by atoms with Crippen LogP contribution in [0.15, 0.2) is 41.8 Å². The van der Waals surface area contributed by atoms with Crippen LogP contribution in [0.5, 0.6) is 0 Å².